The Morgan fingerprint density at radius 2 is 1.65 bits per heavy atom. The molecule has 0 saturated heterocycles. The van der Waals surface area contributed by atoms with E-state index < -0.39 is 17.2 Å². The van der Waals surface area contributed by atoms with Gasteiger partial charge in [-0.1, -0.05) is 36.4 Å². The van der Waals surface area contributed by atoms with Crippen LogP contribution in [0.1, 0.15) is 15.9 Å². The van der Waals surface area contributed by atoms with Gasteiger partial charge in [0.1, 0.15) is 16.9 Å². The van der Waals surface area contributed by atoms with Crippen LogP contribution in [0.25, 0.3) is 27.8 Å². The molecule has 0 aliphatic rings. The van der Waals surface area contributed by atoms with Crippen molar-refractivity contribution in [2.45, 2.75) is 0 Å². The molecule has 0 unspecified atom stereocenters. The monoisotopic (exact) mass is 458 g/mol. The van der Waals surface area contributed by atoms with Crippen LogP contribution in [0.3, 0.4) is 0 Å². The number of nitrogens with zero attached hydrogens (tertiary/aromatic N) is 1. The molecular weight excluding hydrogens is 436 g/mol. The highest BCUT2D eigenvalue weighted by atomic mass is 16.5. The Morgan fingerprint density at radius 3 is 2.24 bits per heavy atom. The maximum atomic E-state index is 11.9. The standard InChI is InChI=1S/C25H22N4O5/c1-33-23-12-22-17(10-19(24(30)31)25(32)34-22)11-21(23)29(28)13-20(27)16-4-2-14(3-5-16)15-6-8-18(26)9-7-15/h2-13H,26-28H2,1H3,(H,30,31)/b20-13-. The van der Waals surface area contributed by atoms with E-state index in [1.165, 1.54) is 30.5 Å². The first-order valence-corrected chi connectivity index (χ1v) is 10.1. The van der Waals surface area contributed by atoms with Crippen LogP contribution in [-0.2, 0) is 0 Å². The minimum atomic E-state index is -1.39. The first-order chi connectivity index (χ1) is 16.3. The van der Waals surface area contributed by atoms with Crippen molar-refractivity contribution in [2.75, 3.05) is 17.9 Å². The lowest BCUT2D eigenvalue weighted by Gasteiger charge is -2.19. The van der Waals surface area contributed by atoms with Gasteiger partial charge in [0, 0.05) is 23.3 Å². The van der Waals surface area contributed by atoms with Gasteiger partial charge in [0.05, 0.1) is 18.5 Å². The summed E-state index contributed by atoms with van der Waals surface area (Å²) < 4.78 is 10.5. The molecule has 3 aromatic carbocycles. The van der Waals surface area contributed by atoms with Crippen LogP contribution < -0.4 is 32.7 Å². The van der Waals surface area contributed by atoms with Crippen LogP contribution in [0.5, 0.6) is 5.75 Å². The van der Waals surface area contributed by atoms with Gasteiger partial charge in [0.25, 0.3) is 0 Å². The number of methoxy groups -OCH3 is 1. The number of hydrazine groups is 1. The highest BCUT2D eigenvalue weighted by molar-refractivity contribution is 5.93. The van der Waals surface area contributed by atoms with Crippen LogP contribution in [-0.4, -0.2) is 18.2 Å². The Balaban J connectivity index is 1.66. The second-order valence-corrected chi connectivity index (χ2v) is 7.51. The summed E-state index contributed by atoms with van der Waals surface area (Å²) in [4.78, 5) is 23.2. The van der Waals surface area contributed by atoms with E-state index in [1.807, 2.05) is 48.5 Å². The molecule has 9 heteroatoms. The van der Waals surface area contributed by atoms with Crippen molar-refractivity contribution in [3.63, 3.8) is 0 Å². The molecule has 0 aliphatic heterocycles. The third-order valence-electron chi connectivity index (χ3n) is 5.28. The number of carboxylic acids is 1. The lowest BCUT2D eigenvalue weighted by atomic mass is 10.0. The number of rotatable bonds is 6. The summed E-state index contributed by atoms with van der Waals surface area (Å²) in [6.07, 6.45) is 1.51. The molecule has 0 radical (unpaired) electrons. The van der Waals surface area contributed by atoms with Crippen LogP contribution in [0.2, 0.25) is 0 Å². The Kier molecular flexibility index (Phi) is 5.94. The quantitative estimate of drug-likeness (QED) is 0.147. The summed E-state index contributed by atoms with van der Waals surface area (Å²) in [6.45, 7) is 0. The zero-order chi connectivity index (χ0) is 24.4. The molecule has 4 aromatic rings. The van der Waals surface area contributed by atoms with Crippen molar-refractivity contribution in [3.05, 3.63) is 94.5 Å². The number of anilines is 2. The Morgan fingerprint density at radius 1 is 1.03 bits per heavy atom. The number of nitrogens with two attached hydrogens (primary N) is 3. The van der Waals surface area contributed by atoms with Gasteiger partial charge in [-0.3, -0.25) is 5.01 Å². The van der Waals surface area contributed by atoms with E-state index in [-0.39, 0.29) is 5.58 Å². The van der Waals surface area contributed by atoms with Gasteiger partial charge in [-0.25, -0.2) is 15.4 Å². The number of carboxylic acid groups (broad SMARTS) is 1. The molecule has 4 rings (SSSR count). The fourth-order valence-electron chi connectivity index (χ4n) is 3.48. The number of hydrogen-bond donors (Lipinski definition) is 4. The largest absolute Gasteiger partial charge is 0.494 e. The van der Waals surface area contributed by atoms with Gasteiger partial charge in [0.2, 0.25) is 0 Å². The SMILES string of the molecule is COc1cc2oc(=O)c(C(=O)O)cc2cc1N(N)/C=C(\N)c1ccc(-c2ccc(N)cc2)cc1. The van der Waals surface area contributed by atoms with E-state index in [0.29, 0.717) is 28.2 Å². The van der Waals surface area contributed by atoms with Gasteiger partial charge in [-0.05, 0) is 41.0 Å². The smallest absolute Gasteiger partial charge is 0.351 e. The molecule has 172 valence electrons. The Bertz CT molecular complexity index is 1460. The fraction of sp³-hybridized carbons (Fsp3) is 0.0400. The van der Waals surface area contributed by atoms with Crippen molar-refractivity contribution < 1.29 is 19.1 Å². The number of carbonyl (C=O) groups is 1. The van der Waals surface area contributed by atoms with Crippen molar-refractivity contribution in [1.29, 1.82) is 0 Å². The summed E-state index contributed by atoms with van der Waals surface area (Å²) in [5.41, 5.74) is 15.0. The number of aromatic carboxylic acids is 1. The summed E-state index contributed by atoms with van der Waals surface area (Å²) in [5.74, 6) is 5.16. The molecule has 0 bridgehead atoms. The van der Waals surface area contributed by atoms with Crippen molar-refractivity contribution >= 4 is 34.0 Å². The van der Waals surface area contributed by atoms with E-state index in [4.69, 9.17) is 26.5 Å². The first kappa shape index (κ1) is 22.4. The van der Waals surface area contributed by atoms with Crippen LogP contribution >= 0.6 is 0 Å². The van der Waals surface area contributed by atoms with Gasteiger partial charge >= 0.3 is 11.6 Å². The Labute approximate surface area is 194 Å². The highest BCUT2D eigenvalue weighted by Gasteiger charge is 2.16. The van der Waals surface area contributed by atoms with E-state index in [2.05, 4.69) is 0 Å². The predicted octanol–water partition coefficient (Wildman–Crippen LogP) is 3.39. The lowest BCUT2D eigenvalue weighted by Crippen LogP contribution is -2.26. The minimum Gasteiger partial charge on any atom is -0.494 e. The minimum absolute atomic E-state index is 0.166. The maximum Gasteiger partial charge on any atom is 0.351 e. The van der Waals surface area contributed by atoms with Crippen LogP contribution in [0, 0.1) is 0 Å². The number of fused-ring (bicyclic) bond motifs is 1. The summed E-state index contributed by atoms with van der Waals surface area (Å²) in [5, 5.41) is 10.8. The molecule has 0 atom stereocenters. The average Bonchev–Trinajstić information content (AvgIpc) is 2.83. The van der Waals surface area contributed by atoms with Gasteiger partial charge in [-0.2, -0.15) is 0 Å². The first-order valence-electron chi connectivity index (χ1n) is 10.1. The summed E-state index contributed by atoms with van der Waals surface area (Å²) in [7, 11) is 1.44. The molecule has 1 heterocycles. The van der Waals surface area contributed by atoms with E-state index in [1.54, 1.807) is 6.07 Å². The molecular formula is C25H22N4O5. The van der Waals surface area contributed by atoms with Crippen molar-refractivity contribution in [3.8, 4) is 16.9 Å². The summed E-state index contributed by atoms with van der Waals surface area (Å²) >= 11 is 0. The molecule has 0 spiro atoms. The van der Waals surface area contributed by atoms with E-state index in [9.17, 15) is 14.7 Å². The molecule has 0 amide bonds. The number of nitrogen functional groups attached to an aromatic ring is 1. The van der Waals surface area contributed by atoms with Gasteiger partial charge in [0.15, 0.2) is 0 Å². The molecule has 1 aromatic heterocycles. The molecule has 9 nitrogen and oxygen atoms in total. The van der Waals surface area contributed by atoms with Crippen molar-refractivity contribution in [2.24, 2.45) is 11.6 Å². The maximum absolute atomic E-state index is 11.9. The lowest BCUT2D eigenvalue weighted by molar-refractivity contribution is 0.0692. The third-order valence-corrected chi connectivity index (χ3v) is 5.28. The third kappa shape index (κ3) is 4.41. The van der Waals surface area contributed by atoms with E-state index in [0.717, 1.165) is 16.7 Å². The number of ether oxygens (including phenoxy) is 1. The number of hydrogen-bond acceptors (Lipinski definition) is 8. The van der Waals surface area contributed by atoms with Crippen LogP contribution in [0.15, 0.2) is 82.1 Å². The van der Waals surface area contributed by atoms with E-state index >= 15 is 0 Å². The second kappa shape index (κ2) is 9.00. The van der Waals surface area contributed by atoms with Gasteiger partial charge in [-0.15, -0.1) is 0 Å². The summed E-state index contributed by atoms with van der Waals surface area (Å²) in [6, 6.07) is 19.4. The predicted molar refractivity (Wildman–Crippen MR) is 131 cm³/mol. The zero-order valence-electron chi connectivity index (χ0n) is 18.2. The zero-order valence-corrected chi connectivity index (χ0v) is 18.2. The number of benzene rings is 3. The van der Waals surface area contributed by atoms with Gasteiger partial charge < -0.3 is 25.7 Å². The van der Waals surface area contributed by atoms with Crippen molar-refractivity contribution in [1.82, 2.24) is 0 Å². The molecule has 0 aliphatic carbocycles. The second-order valence-electron chi connectivity index (χ2n) is 7.51. The topological polar surface area (TPSA) is 158 Å². The average molecular weight is 458 g/mol. The normalized spacial score (nSPS) is 11.4. The molecule has 7 N–H and O–H groups in total. The fourth-order valence-corrected chi connectivity index (χ4v) is 3.48. The molecule has 0 saturated carbocycles. The molecule has 0 fully saturated rings. The van der Waals surface area contributed by atoms with Crippen LogP contribution in [0.4, 0.5) is 11.4 Å². The Hall–Kier alpha value is -4.76. The highest BCUT2D eigenvalue weighted by Crippen LogP contribution is 2.33. The molecule has 34 heavy (non-hydrogen) atoms.